The normalized spacial score (nSPS) is 19.8. The number of primary amides is 1. The SMILES string of the molecule is CN1CCN(c2ccc(C(N)=O)c(NC3CCC(O)CC3)c2-c2n[nH]c3ccc(Cc4cc(F)cc(F)c4)cc23)CC1. The first kappa shape index (κ1) is 28.1. The standard InChI is InChI=1S/C32H36F2N6O2/c1-39-10-12-40(13-11-39)28-9-7-25(32(35)42)30(36-23-3-5-24(41)6-4-23)29(28)31-26-17-19(2-8-27(26)37-38-31)14-20-15-21(33)18-22(34)16-20/h2,7-9,15-18,23-24,36,41H,3-6,10-14H2,1H3,(H2,35,42)(H,37,38). The molecule has 1 saturated carbocycles. The van der Waals surface area contributed by atoms with Crippen LogP contribution < -0.4 is 16.0 Å². The molecule has 1 saturated heterocycles. The molecule has 0 bridgehead atoms. The number of likely N-dealkylation sites (N-methyl/N-ethyl adjacent to an activating group) is 1. The summed E-state index contributed by atoms with van der Waals surface area (Å²) in [5.41, 5.74) is 11.6. The van der Waals surface area contributed by atoms with E-state index >= 15 is 0 Å². The highest BCUT2D eigenvalue weighted by atomic mass is 19.1. The third-order valence-corrected chi connectivity index (χ3v) is 8.53. The number of carbonyl (C=O) groups is 1. The maximum Gasteiger partial charge on any atom is 0.250 e. The van der Waals surface area contributed by atoms with E-state index in [2.05, 4.69) is 27.3 Å². The van der Waals surface area contributed by atoms with Gasteiger partial charge < -0.3 is 26.0 Å². The molecule has 2 fully saturated rings. The fourth-order valence-electron chi connectivity index (χ4n) is 6.23. The highest BCUT2D eigenvalue weighted by Crippen LogP contribution is 2.43. The van der Waals surface area contributed by atoms with E-state index in [4.69, 9.17) is 10.8 Å². The molecule has 1 amide bonds. The molecule has 1 aliphatic heterocycles. The van der Waals surface area contributed by atoms with Gasteiger partial charge in [0.2, 0.25) is 0 Å². The molecule has 2 aliphatic rings. The summed E-state index contributed by atoms with van der Waals surface area (Å²) in [7, 11) is 2.10. The Morgan fingerprint density at radius 3 is 2.40 bits per heavy atom. The number of amides is 1. The number of carbonyl (C=O) groups excluding carboxylic acids is 1. The number of fused-ring (bicyclic) bond motifs is 1. The summed E-state index contributed by atoms with van der Waals surface area (Å²) in [6.45, 7) is 3.42. The number of nitrogens with one attached hydrogen (secondary N) is 2. The Balaban J connectivity index is 1.49. The van der Waals surface area contributed by atoms with Crippen LogP contribution in [0.4, 0.5) is 20.2 Å². The van der Waals surface area contributed by atoms with E-state index < -0.39 is 17.5 Å². The van der Waals surface area contributed by atoms with Gasteiger partial charge in [-0.15, -0.1) is 0 Å². The molecule has 0 spiro atoms. The monoisotopic (exact) mass is 574 g/mol. The lowest BCUT2D eigenvalue weighted by molar-refractivity contribution is 0.100. The van der Waals surface area contributed by atoms with Crippen molar-refractivity contribution in [1.82, 2.24) is 15.1 Å². The Kier molecular flexibility index (Phi) is 7.83. The van der Waals surface area contributed by atoms with Crippen molar-refractivity contribution in [3.05, 3.63) is 76.9 Å². The number of aromatic nitrogens is 2. The highest BCUT2D eigenvalue weighted by Gasteiger charge is 2.28. The van der Waals surface area contributed by atoms with Gasteiger partial charge in [0.15, 0.2) is 0 Å². The molecule has 1 aromatic heterocycles. The highest BCUT2D eigenvalue weighted by molar-refractivity contribution is 6.08. The summed E-state index contributed by atoms with van der Waals surface area (Å²) in [5, 5.41) is 22.5. The number of H-pyrrole nitrogens is 1. The number of nitrogens with two attached hydrogens (primary N) is 1. The van der Waals surface area contributed by atoms with Crippen LogP contribution in [0.5, 0.6) is 0 Å². The zero-order chi connectivity index (χ0) is 29.4. The molecule has 2 heterocycles. The van der Waals surface area contributed by atoms with Crippen molar-refractivity contribution in [2.45, 2.75) is 44.2 Å². The predicted molar refractivity (Wildman–Crippen MR) is 161 cm³/mol. The number of piperazine rings is 1. The molecule has 4 aromatic rings. The lowest BCUT2D eigenvalue weighted by Crippen LogP contribution is -2.44. The van der Waals surface area contributed by atoms with E-state index in [1.807, 2.05) is 24.3 Å². The fraction of sp³-hybridized carbons (Fsp3) is 0.375. The largest absolute Gasteiger partial charge is 0.393 e. The number of aromatic amines is 1. The first-order valence-corrected chi connectivity index (χ1v) is 14.5. The zero-order valence-corrected chi connectivity index (χ0v) is 23.7. The number of hydrogen-bond acceptors (Lipinski definition) is 6. The summed E-state index contributed by atoms with van der Waals surface area (Å²) < 4.78 is 27.8. The minimum Gasteiger partial charge on any atom is -0.393 e. The van der Waals surface area contributed by atoms with Crippen LogP contribution in [0, 0.1) is 11.6 Å². The van der Waals surface area contributed by atoms with E-state index in [0.717, 1.165) is 72.8 Å². The van der Waals surface area contributed by atoms with Gasteiger partial charge in [-0.3, -0.25) is 9.89 Å². The van der Waals surface area contributed by atoms with Crippen molar-refractivity contribution in [2.24, 2.45) is 5.73 Å². The van der Waals surface area contributed by atoms with Crippen LogP contribution in [-0.2, 0) is 6.42 Å². The molecule has 220 valence electrons. The Morgan fingerprint density at radius 1 is 1.00 bits per heavy atom. The number of halogens is 2. The number of anilines is 2. The minimum atomic E-state index is -0.610. The maximum atomic E-state index is 13.9. The van der Waals surface area contributed by atoms with Crippen molar-refractivity contribution < 1.29 is 18.7 Å². The first-order valence-electron chi connectivity index (χ1n) is 14.5. The number of nitrogens with zero attached hydrogens (tertiary/aromatic N) is 3. The molecule has 8 nitrogen and oxygen atoms in total. The summed E-state index contributed by atoms with van der Waals surface area (Å²) >= 11 is 0. The van der Waals surface area contributed by atoms with Gasteiger partial charge in [-0.25, -0.2) is 8.78 Å². The van der Waals surface area contributed by atoms with E-state index in [1.54, 1.807) is 6.07 Å². The first-order chi connectivity index (χ1) is 20.2. The second-order valence-corrected chi connectivity index (χ2v) is 11.6. The van der Waals surface area contributed by atoms with Crippen molar-refractivity contribution in [2.75, 3.05) is 43.4 Å². The number of hydrogen-bond donors (Lipinski definition) is 4. The van der Waals surface area contributed by atoms with Gasteiger partial charge in [0.1, 0.15) is 17.3 Å². The van der Waals surface area contributed by atoms with Gasteiger partial charge in [0, 0.05) is 49.4 Å². The van der Waals surface area contributed by atoms with Crippen LogP contribution in [0.25, 0.3) is 22.2 Å². The molecule has 0 atom stereocenters. The van der Waals surface area contributed by atoms with Crippen LogP contribution in [0.1, 0.15) is 47.2 Å². The molecule has 42 heavy (non-hydrogen) atoms. The molecule has 0 unspecified atom stereocenters. The zero-order valence-electron chi connectivity index (χ0n) is 23.7. The number of aliphatic hydroxyl groups is 1. The molecule has 1 aliphatic carbocycles. The van der Waals surface area contributed by atoms with Gasteiger partial charge in [-0.05, 0) is 86.7 Å². The smallest absolute Gasteiger partial charge is 0.250 e. The van der Waals surface area contributed by atoms with Crippen LogP contribution in [0.15, 0.2) is 48.5 Å². The van der Waals surface area contributed by atoms with Gasteiger partial charge in [0.25, 0.3) is 5.91 Å². The van der Waals surface area contributed by atoms with Crippen molar-refractivity contribution in [3.8, 4) is 11.3 Å². The molecule has 0 radical (unpaired) electrons. The van der Waals surface area contributed by atoms with Gasteiger partial charge >= 0.3 is 0 Å². The minimum absolute atomic E-state index is 0.0663. The second kappa shape index (κ2) is 11.7. The average Bonchev–Trinajstić information content (AvgIpc) is 3.36. The summed E-state index contributed by atoms with van der Waals surface area (Å²) in [6, 6.07) is 13.2. The Hall–Kier alpha value is -4.02. The van der Waals surface area contributed by atoms with Gasteiger partial charge in [0.05, 0.1) is 28.4 Å². The molecule has 5 N–H and O–H groups in total. The van der Waals surface area contributed by atoms with Crippen LogP contribution in [0.2, 0.25) is 0 Å². The summed E-state index contributed by atoms with van der Waals surface area (Å²) in [6.07, 6.45) is 2.95. The van der Waals surface area contributed by atoms with Crippen LogP contribution >= 0.6 is 0 Å². The molecule has 3 aromatic carbocycles. The molecule has 6 rings (SSSR count). The van der Waals surface area contributed by atoms with E-state index in [0.29, 0.717) is 41.8 Å². The number of benzene rings is 3. The van der Waals surface area contributed by atoms with Crippen LogP contribution in [-0.4, -0.2) is 71.5 Å². The van der Waals surface area contributed by atoms with E-state index in [1.165, 1.54) is 12.1 Å². The third kappa shape index (κ3) is 5.82. The topological polar surface area (TPSA) is 111 Å². The van der Waals surface area contributed by atoms with Crippen molar-refractivity contribution >= 4 is 28.2 Å². The van der Waals surface area contributed by atoms with E-state index in [-0.39, 0.29) is 12.1 Å². The summed E-state index contributed by atoms with van der Waals surface area (Å²) in [4.78, 5) is 17.4. The lowest BCUT2D eigenvalue weighted by Gasteiger charge is -2.36. The maximum absolute atomic E-state index is 13.9. The molecular formula is C32H36F2N6O2. The van der Waals surface area contributed by atoms with Gasteiger partial charge in [-0.2, -0.15) is 5.10 Å². The van der Waals surface area contributed by atoms with Crippen molar-refractivity contribution in [1.29, 1.82) is 0 Å². The van der Waals surface area contributed by atoms with Gasteiger partial charge in [-0.1, -0.05) is 6.07 Å². The third-order valence-electron chi connectivity index (χ3n) is 8.53. The lowest BCUT2D eigenvalue weighted by atomic mass is 9.91. The second-order valence-electron chi connectivity index (χ2n) is 11.6. The van der Waals surface area contributed by atoms with E-state index in [9.17, 15) is 18.7 Å². The number of aliphatic hydroxyl groups excluding tert-OH is 1. The predicted octanol–water partition coefficient (Wildman–Crippen LogP) is 4.67. The average molecular weight is 575 g/mol. The Morgan fingerprint density at radius 2 is 1.71 bits per heavy atom. The fourth-order valence-corrected chi connectivity index (χ4v) is 6.23. The Labute approximate surface area is 243 Å². The Bertz CT molecular complexity index is 1590. The van der Waals surface area contributed by atoms with Crippen LogP contribution in [0.3, 0.4) is 0 Å². The molecule has 10 heteroatoms. The molecular weight excluding hydrogens is 538 g/mol. The quantitative estimate of drug-likeness (QED) is 0.256. The number of rotatable bonds is 7. The van der Waals surface area contributed by atoms with Crippen molar-refractivity contribution in [3.63, 3.8) is 0 Å². The summed E-state index contributed by atoms with van der Waals surface area (Å²) in [5.74, 6) is -1.75.